The van der Waals surface area contributed by atoms with Gasteiger partial charge < -0.3 is 20.5 Å². The molecule has 0 radical (unpaired) electrons. The number of anilines is 1. The molecular formula is C14H24N2O2. The van der Waals surface area contributed by atoms with Crippen LogP contribution >= 0.6 is 0 Å². The smallest absolute Gasteiger partial charge is 0.125 e. The first-order valence-electron chi connectivity index (χ1n) is 6.29. The zero-order chi connectivity index (χ0) is 13.7. The average Bonchev–Trinajstić information content (AvgIpc) is 2.34. The van der Waals surface area contributed by atoms with Gasteiger partial charge in [-0.05, 0) is 32.4 Å². The Bertz CT molecular complexity index is 378. The molecule has 102 valence electrons. The topological polar surface area (TPSA) is 58.7 Å². The van der Waals surface area contributed by atoms with Crippen molar-refractivity contribution in [2.75, 3.05) is 25.6 Å². The largest absolute Gasteiger partial charge is 0.496 e. The van der Waals surface area contributed by atoms with Gasteiger partial charge in [0.25, 0.3) is 0 Å². The minimum atomic E-state index is -0.295. The predicted molar refractivity (Wildman–Crippen MR) is 75.2 cm³/mol. The third-order valence-electron chi connectivity index (χ3n) is 3.01. The summed E-state index contributed by atoms with van der Waals surface area (Å²) in [6, 6.07) is 5.82. The van der Waals surface area contributed by atoms with Crippen LogP contribution in [0.5, 0.6) is 5.75 Å². The molecule has 1 aromatic carbocycles. The van der Waals surface area contributed by atoms with E-state index in [1.54, 1.807) is 14.0 Å². The summed E-state index contributed by atoms with van der Waals surface area (Å²) in [7, 11) is 3.66. The normalized spacial score (nSPS) is 14.1. The highest BCUT2D eigenvalue weighted by Crippen LogP contribution is 2.33. The highest BCUT2D eigenvalue weighted by molar-refractivity contribution is 5.60. The summed E-state index contributed by atoms with van der Waals surface area (Å²) in [6.07, 6.45) is 0.434. The van der Waals surface area contributed by atoms with E-state index in [1.165, 1.54) is 0 Å². The van der Waals surface area contributed by atoms with Crippen LogP contribution in [0.3, 0.4) is 0 Å². The molecule has 0 saturated carbocycles. The lowest BCUT2D eigenvalue weighted by Gasteiger charge is -2.26. The molecule has 1 unspecified atom stereocenters. The van der Waals surface area contributed by atoms with Crippen molar-refractivity contribution in [2.24, 2.45) is 5.73 Å². The van der Waals surface area contributed by atoms with Crippen molar-refractivity contribution in [3.63, 3.8) is 0 Å². The molecule has 0 saturated heterocycles. The van der Waals surface area contributed by atoms with Crippen LogP contribution in [0, 0.1) is 0 Å². The molecule has 3 N–H and O–H groups in total. The molecule has 0 heterocycles. The first-order chi connectivity index (χ1) is 8.47. The Labute approximate surface area is 109 Å². The Kier molecular flexibility index (Phi) is 5.44. The summed E-state index contributed by atoms with van der Waals surface area (Å²) in [6.45, 7) is 4.53. The minimum Gasteiger partial charge on any atom is -0.496 e. The molecule has 4 heteroatoms. The van der Waals surface area contributed by atoms with Crippen molar-refractivity contribution >= 4 is 5.69 Å². The number of ether oxygens (including phenoxy) is 1. The van der Waals surface area contributed by atoms with Crippen LogP contribution in [-0.2, 0) is 0 Å². The predicted octanol–water partition coefficient (Wildman–Crippen LogP) is 1.92. The van der Waals surface area contributed by atoms with Gasteiger partial charge in [0, 0.05) is 30.9 Å². The van der Waals surface area contributed by atoms with Crippen molar-refractivity contribution in [1.82, 2.24) is 0 Å². The first-order valence-corrected chi connectivity index (χ1v) is 6.29. The minimum absolute atomic E-state index is 0.0925. The fourth-order valence-electron chi connectivity index (χ4n) is 2.00. The molecule has 4 nitrogen and oxygen atoms in total. The molecule has 0 aliphatic carbocycles. The van der Waals surface area contributed by atoms with Crippen LogP contribution in [0.1, 0.15) is 31.9 Å². The summed E-state index contributed by atoms with van der Waals surface area (Å²) >= 11 is 0. The standard InChI is InChI=1S/C14H24N2O2/c1-10(17)8-9-16(3)12-6-5-7-13(18-4)14(12)11(2)15/h5-7,10-11,17H,8-9,15H2,1-4H3/t10?,11-/m0/s1. The maximum atomic E-state index is 9.35. The quantitative estimate of drug-likeness (QED) is 0.812. The second-order valence-corrected chi connectivity index (χ2v) is 4.74. The van der Waals surface area contributed by atoms with Crippen molar-refractivity contribution in [1.29, 1.82) is 0 Å². The van der Waals surface area contributed by atoms with Crippen molar-refractivity contribution in [3.05, 3.63) is 23.8 Å². The van der Waals surface area contributed by atoms with Gasteiger partial charge in [-0.1, -0.05) is 6.07 Å². The van der Waals surface area contributed by atoms with E-state index >= 15 is 0 Å². The SMILES string of the molecule is COc1cccc(N(C)CCC(C)O)c1[C@H](C)N. The van der Waals surface area contributed by atoms with E-state index in [9.17, 15) is 5.11 Å². The Hall–Kier alpha value is -1.26. The molecule has 2 atom stereocenters. The molecule has 0 spiro atoms. The van der Waals surface area contributed by atoms with Crippen LogP contribution in [0.4, 0.5) is 5.69 Å². The number of hydrogen-bond acceptors (Lipinski definition) is 4. The first kappa shape index (κ1) is 14.8. The van der Waals surface area contributed by atoms with E-state index in [0.717, 1.165) is 30.0 Å². The van der Waals surface area contributed by atoms with E-state index in [4.69, 9.17) is 10.5 Å². The highest BCUT2D eigenvalue weighted by Gasteiger charge is 2.16. The lowest BCUT2D eigenvalue weighted by atomic mass is 10.0. The van der Waals surface area contributed by atoms with Crippen LogP contribution in [0.25, 0.3) is 0 Å². The number of nitrogens with zero attached hydrogens (tertiary/aromatic N) is 1. The summed E-state index contributed by atoms with van der Waals surface area (Å²) in [5, 5.41) is 9.35. The number of hydrogen-bond donors (Lipinski definition) is 2. The third-order valence-corrected chi connectivity index (χ3v) is 3.01. The molecule has 0 aliphatic heterocycles. The molecule has 1 aromatic rings. The molecular weight excluding hydrogens is 228 g/mol. The monoisotopic (exact) mass is 252 g/mol. The van der Waals surface area contributed by atoms with E-state index in [1.807, 2.05) is 32.2 Å². The van der Waals surface area contributed by atoms with Crippen LogP contribution in [-0.4, -0.2) is 31.9 Å². The Balaban J connectivity index is 2.99. The van der Waals surface area contributed by atoms with E-state index < -0.39 is 0 Å². The Morgan fingerprint density at radius 3 is 2.56 bits per heavy atom. The fourth-order valence-corrected chi connectivity index (χ4v) is 2.00. The van der Waals surface area contributed by atoms with Gasteiger partial charge in [-0.25, -0.2) is 0 Å². The van der Waals surface area contributed by atoms with Crippen molar-refractivity contribution < 1.29 is 9.84 Å². The van der Waals surface area contributed by atoms with Crippen molar-refractivity contribution in [2.45, 2.75) is 32.4 Å². The van der Waals surface area contributed by atoms with Gasteiger partial charge in [-0.2, -0.15) is 0 Å². The van der Waals surface area contributed by atoms with E-state index in [2.05, 4.69) is 4.90 Å². The Morgan fingerprint density at radius 1 is 1.39 bits per heavy atom. The molecule has 0 amide bonds. The van der Waals surface area contributed by atoms with Gasteiger partial charge >= 0.3 is 0 Å². The molecule has 0 aliphatic rings. The molecule has 0 aromatic heterocycles. The lowest BCUT2D eigenvalue weighted by molar-refractivity contribution is 0.187. The summed E-state index contributed by atoms with van der Waals surface area (Å²) in [4.78, 5) is 2.11. The second-order valence-electron chi connectivity index (χ2n) is 4.74. The lowest BCUT2D eigenvalue weighted by Crippen LogP contribution is -2.24. The number of methoxy groups -OCH3 is 1. The maximum absolute atomic E-state index is 9.35. The molecule has 18 heavy (non-hydrogen) atoms. The molecule has 0 bridgehead atoms. The fraction of sp³-hybridized carbons (Fsp3) is 0.571. The number of nitrogens with two attached hydrogens (primary N) is 1. The Morgan fingerprint density at radius 2 is 2.06 bits per heavy atom. The maximum Gasteiger partial charge on any atom is 0.125 e. The van der Waals surface area contributed by atoms with Gasteiger partial charge in [0.05, 0.1) is 13.2 Å². The van der Waals surface area contributed by atoms with Gasteiger partial charge in [0.1, 0.15) is 5.75 Å². The number of aliphatic hydroxyl groups is 1. The third kappa shape index (κ3) is 3.62. The average molecular weight is 252 g/mol. The highest BCUT2D eigenvalue weighted by atomic mass is 16.5. The van der Waals surface area contributed by atoms with Crippen molar-refractivity contribution in [3.8, 4) is 5.75 Å². The van der Waals surface area contributed by atoms with Crippen LogP contribution < -0.4 is 15.4 Å². The van der Waals surface area contributed by atoms with Gasteiger partial charge in [0.15, 0.2) is 0 Å². The summed E-state index contributed by atoms with van der Waals surface area (Å²) in [5.74, 6) is 0.811. The zero-order valence-corrected chi connectivity index (χ0v) is 11.7. The van der Waals surface area contributed by atoms with Gasteiger partial charge in [-0.15, -0.1) is 0 Å². The second kappa shape index (κ2) is 6.61. The summed E-state index contributed by atoms with van der Waals surface area (Å²) < 4.78 is 5.37. The number of benzene rings is 1. The zero-order valence-electron chi connectivity index (χ0n) is 11.7. The van der Waals surface area contributed by atoms with Crippen LogP contribution in [0.2, 0.25) is 0 Å². The van der Waals surface area contributed by atoms with Crippen LogP contribution in [0.15, 0.2) is 18.2 Å². The van der Waals surface area contributed by atoms with Gasteiger partial charge in [-0.3, -0.25) is 0 Å². The number of rotatable bonds is 6. The van der Waals surface area contributed by atoms with Gasteiger partial charge in [0.2, 0.25) is 0 Å². The summed E-state index contributed by atoms with van der Waals surface area (Å²) in [5.41, 5.74) is 8.10. The van der Waals surface area contributed by atoms with E-state index in [0.29, 0.717) is 0 Å². The molecule has 1 rings (SSSR count). The number of aliphatic hydroxyl groups excluding tert-OH is 1. The molecule has 0 fully saturated rings. The van der Waals surface area contributed by atoms with E-state index in [-0.39, 0.29) is 12.1 Å².